The number of halogens is 2. The molecule has 0 radical (unpaired) electrons. The number of amides is 3. The van der Waals surface area contributed by atoms with Gasteiger partial charge in [-0.1, -0.05) is 0 Å². The zero-order chi connectivity index (χ0) is 19.6. The molecule has 9 heteroatoms. The van der Waals surface area contributed by atoms with Crippen molar-refractivity contribution in [2.45, 2.75) is 50.4 Å². The van der Waals surface area contributed by atoms with Crippen LogP contribution in [0, 0.1) is 11.6 Å². The number of benzene rings is 1. The summed E-state index contributed by atoms with van der Waals surface area (Å²) in [4.78, 5) is 39.2. The Hall–Kier alpha value is -2.55. The van der Waals surface area contributed by atoms with Crippen molar-refractivity contribution in [3.63, 3.8) is 0 Å². The Balaban J connectivity index is 1.47. The van der Waals surface area contributed by atoms with Crippen LogP contribution in [0.4, 0.5) is 14.5 Å². The van der Waals surface area contributed by atoms with E-state index in [0.29, 0.717) is 13.1 Å². The molecular formula is C19H20F2N4O3. The summed E-state index contributed by atoms with van der Waals surface area (Å²) in [5, 5.41) is 5.64. The minimum atomic E-state index is -0.894. The maximum Gasteiger partial charge on any atom is 0.258 e. The zero-order valence-corrected chi connectivity index (χ0v) is 15.1. The van der Waals surface area contributed by atoms with E-state index in [-0.39, 0.29) is 48.3 Å². The van der Waals surface area contributed by atoms with E-state index < -0.39 is 35.4 Å². The van der Waals surface area contributed by atoms with Crippen molar-refractivity contribution in [3.8, 4) is 0 Å². The van der Waals surface area contributed by atoms with Crippen LogP contribution in [0.25, 0.3) is 0 Å². The predicted octanol–water partition coefficient (Wildman–Crippen LogP) is 0.666. The van der Waals surface area contributed by atoms with E-state index in [0.717, 1.165) is 18.9 Å². The number of carbonyl (C=O) groups is 3. The number of piperidine rings is 1. The second-order valence-electron chi connectivity index (χ2n) is 7.99. The molecule has 3 fully saturated rings. The summed E-state index contributed by atoms with van der Waals surface area (Å²) < 4.78 is 30.2. The van der Waals surface area contributed by atoms with Crippen LogP contribution in [0.3, 0.4) is 0 Å². The second-order valence-corrected chi connectivity index (χ2v) is 7.99. The largest absolute Gasteiger partial charge is 0.366 e. The van der Waals surface area contributed by atoms with Gasteiger partial charge in [0.05, 0.1) is 17.8 Å². The van der Waals surface area contributed by atoms with Crippen molar-refractivity contribution < 1.29 is 23.2 Å². The van der Waals surface area contributed by atoms with Crippen LogP contribution in [-0.2, 0) is 16.1 Å². The Morgan fingerprint density at radius 2 is 1.75 bits per heavy atom. The summed E-state index contributed by atoms with van der Waals surface area (Å²) in [5.74, 6) is -3.07. The molecule has 0 aliphatic carbocycles. The Bertz CT molecular complexity index is 894. The molecule has 4 aliphatic rings. The van der Waals surface area contributed by atoms with Crippen LogP contribution >= 0.6 is 0 Å². The van der Waals surface area contributed by atoms with Crippen molar-refractivity contribution in [2.24, 2.45) is 0 Å². The van der Waals surface area contributed by atoms with Crippen molar-refractivity contribution >= 4 is 23.4 Å². The molecule has 0 saturated carbocycles. The zero-order valence-electron chi connectivity index (χ0n) is 15.1. The molecule has 2 N–H and O–H groups in total. The Morgan fingerprint density at radius 3 is 2.43 bits per heavy atom. The lowest BCUT2D eigenvalue weighted by Crippen LogP contribution is -2.52. The van der Waals surface area contributed by atoms with E-state index >= 15 is 4.39 Å². The average Bonchev–Trinajstić information content (AvgIpc) is 3.18. The van der Waals surface area contributed by atoms with Crippen LogP contribution < -0.4 is 15.5 Å². The van der Waals surface area contributed by atoms with Gasteiger partial charge in [-0.2, -0.15) is 0 Å². The lowest BCUT2D eigenvalue weighted by molar-refractivity contribution is -0.136. The molecule has 3 atom stereocenters. The number of rotatable bonds is 2. The third kappa shape index (κ3) is 2.60. The van der Waals surface area contributed by atoms with Gasteiger partial charge in [-0.25, -0.2) is 8.78 Å². The highest BCUT2D eigenvalue weighted by molar-refractivity contribution is 6.05. The summed E-state index contributed by atoms with van der Waals surface area (Å²) in [6, 6.07) is 0.729. The minimum Gasteiger partial charge on any atom is -0.366 e. The van der Waals surface area contributed by atoms with Gasteiger partial charge < -0.3 is 15.1 Å². The predicted molar refractivity (Wildman–Crippen MR) is 94.6 cm³/mol. The summed E-state index contributed by atoms with van der Waals surface area (Å²) in [6.07, 6.45) is 2.27. The smallest absolute Gasteiger partial charge is 0.258 e. The van der Waals surface area contributed by atoms with Crippen LogP contribution in [0.2, 0.25) is 0 Å². The van der Waals surface area contributed by atoms with Gasteiger partial charge in [0.15, 0.2) is 5.82 Å². The molecule has 28 heavy (non-hydrogen) atoms. The Morgan fingerprint density at radius 1 is 1.04 bits per heavy atom. The molecule has 0 spiro atoms. The van der Waals surface area contributed by atoms with Gasteiger partial charge in [-0.05, 0) is 19.3 Å². The second kappa shape index (κ2) is 6.23. The van der Waals surface area contributed by atoms with E-state index in [1.54, 1.807) is 0 Å². The monoisotopic (exact) mass is 390 g/mol. The van der Waals surface area contributed by atoms with E-state index in [1.165, 1.54) is 4.90 Å². The van der Waals surface area contributed by atoms with Crippen LogP contribution in [0.1, 0.15) is 41.6 Å². The summed E-state index contributed by atoms with van der Waals surface area (Å²) in [7, 11) is 0. The van der Waals surface area contributed by atoms with Gasteiger partial charge in [-0.15, -0.1) is 0 Å². The number of imide groups is 1. The average molecular weight is 390 g/mol. The van der Waals surface area contributed by atoms with E-state index in [1.807, 2.05) is 4.90 Å². The fourth-order valence-electron chi connectivity index (χ4n) is 4.88. The molecule has 3 saturated heterocycles. The lowest BCUT2D eigenvalue weighted by atomic mass is 10.0. The van der Waals surface area contributed by atoms with Gasteiger partial charge in [0, 0.05) is 43.2 Å². The van der Waals surface area contributed by atoms with Crippen molar-refractivity contribution in [1.29, 1.82) is 0 Å². The highest BCUT2D eigenvalue weighted by Gasteiger charge is 2.43. The lowest BCUT2D eigenvalue weighted by Gasteiger charge is -2.35. The first kappa shape index (κ1) is 17.5. The van der Waals surface area contributed by atoms with Crippen molar-refractivity contribution in [2.75, 3.05) is 18.0 Å². The highest BCUT2D eigenvalue weighted by Crippen LogP contribution is 2.37. The molecule has 2 bridgehead atoms. The number of nitrogens with zero attached hydrogens (tertiary/aromatic N) is 2. The van der Waals surface area contributed by atoms with Gasteiger partial charge in [0.2, 0.25) is 11.8 Å². The SMILES string of the molecule is O=C1CCC(N2Cc3c(F)c(N4CC5CCC(C4)N5)cc(F)c3C2=O)C(=O)N1. The van der Waals surface area contributed by atoms with Gasteiger partial charge in [0.1, 0.15) is 11.9 Å². The van der Waals surface area contributed by atoms with E-state index in [4.69, 9.17) is 0 Å². The summed E-state index contributed by atoms with van der Waals surface area (Å²) in [6.45, 7) is 1.02. The third-order valence-corrected chi connectivity index (χ3v) is 6.24. The molecule has 0 aromatic heterocycles. The molecule has 1 aromatic rings. The fourth-order valence-corrected chi connectivity index (χ4v) is 4.88. The van der Waals surface area contributed by atoms with Crippen molar-refractivity contribution in [3.05, 3.63) is 28.8 Å². The summed E-state index contributed by atoms with van der Waals surface area (Å²) in [5.41, 5.74) is -0.132. The standard InChI is InChI=1S/C19H20F2N4O3/c20-12-5-14(24-6-9-1-2-10(7-24)22-9)17(21)11-8-25(19(28)16(11)12)13-3-4-15(26)23-18(13)27/h5,9-10,13,22H,1-4,6-8H2,(H,23,26,27). The molecule has 1 aromatic carbocycles. The molecule has 3 unspecified atom stereocenters. The number of fused-ring (bicyclic) bond motifs is 3. The van der Waals surface area contributed by atoms with Gasteiger partial charge >= 0.3 is 0 Å². The minimum absolute atomic E-state index is 0.00409. The summed E-state index contributed by atoms with van der Waals surface area (Å²) >= 11 is 0. The number of carbonyl (C=O) groups excluding carboxylic acids is 3. The molecular weight excluding hydrogens is 370 g/mol. The molecule has 7 nitrogen and oxygen atoms in total. The van der Waals surface area contributed by atoms with Crippen molar-refractivity contribution in [1.82, 2.24) is 15.5 Å². The molecule has 4 heterocycles. The molecule has 148 valence electrons. The van der Waals surface area contributed by atoms with Gasteiger partial charge in [-0.3, -0.25) is 19.7 Å². The number of nitrogens with one attached hydrogen (secondary N) is 2. The highest BCUT2D eigenvalue weighted by atomic mass is 19.1. The first-order valence-corrected chi connectivity index (χ1v) is 9.59. The maximum atomic E-state index is 15.3. The number of hydrogen-bond donors (Lipinski definition) is 2. The third-order valence-electron chi connectivity index (χ3n) is 6.24. The Labute approximate surface area is 160 Å². The Kier molecular flexibility index (Phi) is 3.90. The first-order valence-electron chi connectivity index (χ1n) is 9.59. The fraction of sp³-hybridized carbons (Fsp3) is 0.526. The number of hydrogen-bond acceptors (Lipinski definition) is 5. The maximum absolute atomic E-state index is 15.3. The van der Waals surface area contributed by atoms with Crippen LogP contribution in [0.5, 0.6) is 0 Å². The molecule has 5 rings (SSSR count). The number of piperazine rings is 1. The van der Waals surface area contributed by atoms with Crippen LogP contribution in [-0.4, -0.2) is 53.8 Å². The topological polar surface area (TPSA) is 81.8 Å². The van der Waals surface area contributed by atoms with Crippen LogP contribution in [0.15, 0.2) is 6.07 Å². The molecule has 3 amide bonds. The van der Waals surface area contributed by atoms with E-state index in [9.17, 15) is 18.8 Å². The van der Waals surface area contributed by atoms with E-state index in [2.05, 4.69) is 10.6 Å². The molecule has 4 aliphatic heterocycles. The normalized spacial score (nSPS) is 29.4. The number of anilines is 1. The first-order chi connectivity index (χ1) is 13.4. The van der Waals surface area contributed by atoms with Gasteiger partial charge in [0.25, 0.3) is 5.91 Å². The quantitative estimate of drug-likeness (QED) is 0.726.